The van der Waals surface area contributed by atoms with E-state index in [9.17, 15) is 15.3 Å². The Bertz CT molecular complexity index is 1100. The molecular weight excluding hydrogens is 438 g/mol. The summed E-state index contributed by atoms with van der Waals surface area (Å²) in [6.07, 6.45) is 3.86. The zero-order valence-corrected chi connectivity index (χ0v) is 18.7. The zero-order valence-electron chi connectivity index (χ0n) is 17.1. The molecule has 5 heteroatoms. The lowest BCUT2D eigenvalue weighted by Gasteiger charge is -2.36. The molecule has 2 heterocycles. The van der Waals surface area contributed by atoms with Gasteiger partial charge in [-0.2, -0.15) is 10.5 Å². The lowest BCUT2D eigenvalue weighted by molar-refractivity contribution is -0.130. The molecule has 2 aliphatic heterocycles. The number of halogens is 1. The van der Waals surface area contributed by atoms with Gasteiger partial charge in [-0.3, -0.25) is 4.79 Å². The number of hydrogen-bond acceptors (Lipinski definition) is 4. The van der Waals surface area contributed by atoms with Gasteiger partial charge >= 0.3 is 0 Å². The largest absolute Gasteiger partial charge is 0.357 e. The van der Waals surface area contributed by atoms with Crippen molar-refractivity contribution >= 4 is 27.8 Å². The summed E-state index contributed by atoms with van der Waals surface area (Å²) in [5.74, 6) is -0.551. The van der Waals surface area contributed by atoms with Gasteiger partial charge in [0.2, 0.25) is 0 Å². The van der Waals surface area contributed by atoms with Crippen molar-refractivity contribution in [1.82, 2.24) is 4.90 Å². The van der Waals surface area contributed by atoms with Crippen molar-refractivity contribution < 1.29 is 4.79 Å². The molecule has 2 aromatic rings. The van der Waals surface area contributed by atoms with Crippen LogP contribution in [0.25, 0.3) is 6.08 Å². The van der Waals surface area contributed by atoms with Crippen molar-refractivity contribution in [2.75, 3.05) is 0 Å². The number of carbonyl (C=O) groups excluding carboxylic acids is 1. The molecule has 0 bridgehead atoms. The van der Waals surface area contributed by atoms with E-state index in [4.69, 9.17) is 0 Å². The second-order valence-corrected chi connectivity index (χ2v) is 9.89. The van der Waals surface area contributed by atoms with Crippen molar-refractivity contribution in [1.29, 1.82) is 10.5 Å². The van der Waals surface area contributed by atoms with Gasteiger partial charge in [-0.15, -0.1) is 0 Å². The van der Waals surface area contributed by atoms with Crippen LogP contribution < -0.4 is 0 Å². The first-order valence-corrected chi connectivity index (χ1v) is 10.7. The molecular formula is C25H22BrN3O. The highest BCUT2D eigenvalue weighted by atomic mass is 79.9. The minimum atomic E-state index is -1.40. The van der Waals surface area contributed by atoms with Crippen LogP contribution in [-0.2, 0) is 4.79 Å². The first-order valence-electron chi connectivity index (χ1n) is 9.91. The van der Waals surface area contributed by atoms with Crippen LogP contribution in [0.2, 0.25) is 0 Å². The Morgan fingerprint density at radius 2 is 1.70 bits per heavy atom. The number of fused-ring (bicyclic) bond motifs is 3. The molecule has 150 valence electrons. The highest BCUT2D eigenvalue weighted by molar-refractivity contribution is 9.10. The van der Waals surface area contributed by atoms with Crippen molar-refractivity contribution in [3.8, 4) is 12.1 Å². The van der Waals surface area contributed by atoms with E-state index in [0.717, 1.165) is 21.2 Å². The molecule has 0 amide bonds. The van der Waals surface area contributed by atoms with Gasteiger partial charge in [-0.1, -0.05) is 73.1 Å². The number of hydrogen-bond donors (Lipinski definition) is 0. The quantitative estimate of drug-likeness (QED) is 0.586. The first kappa shape index (κ1) is 20.4. The molecule has 0 radical (unpaired) electrons. The van der Waals surface area contributed by atoms with Gasteiger partial charge < -0.3 is 4.90 Å². The first-order chi connectivity index (χ1) is 14.2. The van der Waals surface area contributed by atoms with Crippen molar-refractivity contribution in [2.24, 2.45) is 10.8 Å². The van der Waals surface area contributed by atoms with Crippen LogP contribution >= 0.6 is 15.9 Å². The lowest BCUT2D eigenvalue weighted by Crippen LogP contribution is -2.43. The molecule has 4 nitrogen and oxygen atoms in total. The van der Waals surface area contributed by atoms with Gasteiger partial charge in [-0.05, 0) is 34.9 Å². The summed E-state index contributed by atoms with van der Waals surface area (Å²) in [5.41, 5.74) is 0.695. The third-order valence-electron chi connectivity index (χ3n) is 6.18. The summed E-state index contributed by atoms with van der Waals surface area (Å²) in [7, 11) is 0. The van der Waals surface area contributed by atoms with Crippen molar-refractivity contribution in [3.05, 3.63) is 75.9 Å². The van der Waals surface area contributed by atoms with E-state index in [2.05, 4.69) is 28.1 Å². The number of rotatable bonds is 2. The summed E-state index contributed by atoms with van der Waals surface area (Å²) < 4.78 is 0.908. The van der Waals surface area contributed by atoms with E-state index in [1.165, 1.54) is 0 Å². The predicted molar refractivity (Wildman–Crippen MR) is 119 cm³/mol. The Kier molecular flexibility index (Phi) is 4.83. The molecule has 2 aromatic carbocycles. The van der Waals surface area contributed by atoms with Crippen molar-refractivity contribution in [2.45, 2.75) is 38.8 Å². The van der Waals surface area contributed by atoms with Gasteiger partial charge in [0.1, 0.15) is 0 Å². The third kappa shape index (κ3) is 2.89. The molecule has 30 heavy (non-hydrogen) atoms. The van der Waals surface area contributed by atoms with E-state index in [-0.39, 0.29) is 5.78 Å². The molecule has 0 saturated carbocycles. The zero-order chi connectivity index (χ0) is 21.7. The van der Waals surface area contributed by atoms with Crippen LogP contribution in [0.1, 0.15) is 49.4 Å². The van der Waals surface area contributed by atoms with E-state index in [0.29, 0.717) is 0 Å². The normalized spacial score (nSPS) is 23.8. The Morgan fingerprint density at radius 3 is 2.30 bits per heavy atom. The van der Waals surface area contributed by atoms with E-state index in [1.807, 2.05) is 86.5 Å². The second kappa shape index (κ2) is 7.11. The fourth-order valence-electron chi connectivity index (χ4n) is 4.78. The van der Waals surface area contributed by atoms with E-state index in [1.54, 1.807) is 0 Å². The van der Waals surface area contributed by atoms with Crippen molar-refractivity contribution in [3.63, 3.8) is 0 Å². The summed E-state index contributed by atoms with van der Waals surface area (Å²) in [6.45, 7) is 5.68. The van der Waals surface area contributed by atoms with E-state index >= 15 is 0 Å². The van der Waals surface area contributed by atoms with Crippen LogP contribution in [0.5, 0.6) is 0 Å². The minimum absolute atomic E-state index is 0.0248. The molecule has 3 atom stereocenters. The average molecular weight is 460 g/mol. The molecule has 0 spiro atoms. The van der Waals surface area contributed by atoms with Gasteiger partial charge in [0.25, 0.3) is 0 Å². The Labute approximate surface area is 185 Å². The molecule has 0 N–H and O–H groups in total. The molecule has 3 unspecified atom stereocenters. The fraction of sp³-hybridized carbons (Fsp3) is 0.320. The Morgan fingerprint density at radius 1 is 1.07 bits per heavy atom. The Hall–Kier alpha value is -2.89. The molecule has 2 aliphatic rings. The maximum atomic E-state index is 13.7. The van der Waals surface area contributed by atoms with Gasteiger partial charge in [0.15, 0.2) is 11.2 Å². The number of carbonyl (C=O) groups is 1. The summed E-state index contributed by atoms with van der Waals surface area (Å²) in [4.78, 5) is 15.7. The number of nitriles is 2. The standard InChI is InChI=1S/C25H22BrN3O/c1-24(2,3)23(30)21-20(17-8-10-18(26)11-9-17)25(14-27,15-28)22-19-7-5-4-6-16(19)12-13-29(21)22/h4-13,20-22H,1-3H3. The number of Topliss-reactive ketones (excluding diaryl/α,β-unsaturated/α-hetero) is 1. The van der Waals surface area contributed by atoms with Gasteiger partial charge in [0.05, 0.1) is 24.2 Å². The summed E-state index contributed by atoms with van der Waals surface area (Å²) >= 11 is 3.46. The van der Waals surface area contributed by atoms with Crippen LogP contribution in [0.3, 0.4) is 0 Å². The molecule has 0 aliphatic carbocycles. The number of benzene rings is 2. The predicted octanol–water partition coefficient (Wildman–Crippen LogP) is 5.59. The maximum Gasteiger partial charge on any atom is 0.177 e. The molecule has 0 aromatic heterocycles. The Balaban J connectivity index is 2.02. The van der Waals surface area contributed by atoms with E-state index < -0.39 is 28.8 Å². The molecule has 1 fully saturated rings. The maximum absolute atomic E-state index is 13.7. The smallest absolute Gasteiger partial charge is 0.177 e. The second-order valence-electron chi connectivity index (χ2n) is 8.98. The topological polar surface area (TPSA) is 67.9 Å². The molecule has 4 rings (SSSR count). The fourth-order valence-corrected chi connectivity index (χ4v) is 5.05. The highest BCUT2D eigenvalue weighted by Gasteiger charge is 2.64. The average Bonchev–Trinajstić information content (AvgIpc) is 3.04. The SMILES string of the molecule is CC(C)(C)C(=O)C1C(c2ccc(Br)cc2)C(C#N)(C#N)C2c3ccccc3C=CN12. The van der Waals surface area contributed by atoms with Crippen LogP contribution in [-0.4, -0.2) is 16.7 Å². The third-order valence-corrected chi connectivity index (χ3v) is 6.71. The van der Waals surface area contributed by atoms with Gasteiger partial charge in [-0.25, -0.2) is 0 Å². The van der Waals surface area contributed by atoms with Crippen LogP contribution in [0, 0.1) is 33.5 Å². The minimum Gasteiger partial charge on any atom is -0.357 e. The highest BCUT2D eigenvalue weighted by Crippen LogP contribution is 2.60. The number of ketones is 1. The monoisotopic (exact) mass is 459 g/mol. The van der Waals surface area contributed by atoms with Gasteiger partial charge in [0, 0.05) is 22.0 Å². The van der Waals surface area contributed by atoms with Crippen LogP contribution in [0.4, 0.5) is 0 Å². The number of nitrogens with zero attached hydrogens (tertiary/aromatic N) is 3. The summed E-state index contributed by atoms with van der Waals surface area (Å²) in [6, 6.07) is 19.0. The van der Waals surface area contributed by atoms with Crippen LogP contribution in [0.15, 0.2) is 59.2 Å². The lowest BCUT2D eigenvalue weighted by atomic mass is 9.66. The molecule has 1 saturated heterocycles. The summed E-state index contributed by atoms with van der Waals surface area (Å²) in [5, 5.41) is 20.9.